The molecule has 2 aliphatic heterocycles. The molecule has 2 aromatic rings. The Kier molecular flexibility index (Phi) is 4.39. The maximum Gasteiger partial charge on any atom is 0.416 e. The zero-order chi connectivity index (χ0) is 18.3. The van der Waals surface area contributed by atoms with E-state index in [0.717, 1.165) is 36.9 Å². The summed E-state index contributed by atoms with van der Waals surface area (Å²) in [5, 5.41) is 0. The zero-order valence-electron chi connectivity index (χ0n) is 14.8. The molecule has 2 atom stereocenters. The van der Waals surface area contributed by atoms with Crippen LogP contribution in [0.1, 0.15) is 41.5 Å². The van der Waals surface area contributed by atoms with Gasteiger partial charge in [0.15, 0.2) is 0 Å². The minimum Gasteiger partial charge on any atom is -0.289 e. The van der Waals surface area contributed by atoms with Crippen molar-refractivity contribution in [1.29, 1.82) is 0 Å². The van der Waals surface area contributed by atoms with E-state index in [2.05, 4.69) is 23.1 Å². The third-order valence-electron chi connectivity index (χ3n) is 5.52. The number of fused-ring (bicyclic) bond motifs is 2. The first-order valence-electron chi connectivity index (χ1n) is 9.10. The van der Waals surface area contributed by atoms with Crippen molar-refractivity contribution in [1.82, 2.24) is 4.90 Å². The summed E-state index contributed by atoms with van der Waals surface area (Å²) in [6.07, 6.45) is 0.911. The fourth-order valence-corrected chi connectivity index (χ4v) is 4.30. The summed E-state index contributed by atoms with van der Waals surface area (Å²) >= 11 is 0. The van der Waals surface area contributed by atoms with E-state index in [9.17, 15) is 13.2 Å². The number of rotatable bonds is 3. The molecule has 0 N–H and O–H groups in total. The highest BCUT2D eigenvalue weighted by molar-refractivity contribution is 5.69. The smallest absolute Gasteiger partial charge is 0.289 e. The van der Waals surface area contributed by atoms with Crippen molar-refractivity contribution >= 4 is 5.57 Å². The van der Waals surface area contributed by atoms with Crippen LogP contribution in [0.5, 0.6) is 0 Å². The summed E-state index contributed by atoms with van der Waals surface area (Å²) in [7, 11) is 0. The van der Waals surface area contributed by atoms with Crippen molar-refractivity contribution < 1.29 is 13.2 Å². The number of nitrogens with zero attached hydrogens (tertiary/aromatic N) is 1. The van der Waals surface area contributed by atoms with E-state index < -0.39 is 11.7 Å². The number of alkyl halides is 3. The largest absolute Gasteiger partial charge is 0.416 e. The summed E-state index contributed by atoms with van der Waals surface area (Å²) in [4.78, 5) is 2.50. The first-order chi connectivity index (χ1) is 12.4. The summed E-state index contributed by atoms with van der Waals surface area (Å²) in [5.74, 6) is 0. The molecule has 1 saturated heterocycles. The highest BCUT2D eigenvalue weighted by Crippen LogP contribution is 2.41. The van der Waals surface area contributed by atoms with Crippen LogP contribution in [0.25, 0.3) is 5.57 Å². The summed E-state index contributed by atoms with van der Waals surface area (Å²) in [6.45, 7) is 2.64. The van der Waals surface area contributed by atoms with E-state index >= 15 is 0 Å². The van der Waals surface area contributed by atoms with Gasteiger partial charge in [0.2, 0.25) is 0 Å². The normalized spacial score (nSPS) is 23.2. The van der Waals surface area contributed by atoms with E-state index in [1.165, 1.54) is 17.7 Å². The van der Waals surface area contributed by atoms with Crippen LogP contribution in [0.3, 0.4) is 0 Å². The molecule has 0 aromatic heterocycles. The van der Waals surface area contributed by atoms with Gasteiger partial charge in [0.25, 0.3) is 0 Å². The lowest BCUT2D eigenvalue weighted by Gasteiger charge is -2.34. The van der Waals surface area contributed by atoms with Gasteiger partial charge in [-0.15, -0.1) is 0 Å². The van der Waals surface area contributed by atoms with Gasteiger partial charge in [0, 0.05) is 18.6 Å². The number of halogens is 3. The second kappa shape index (κ2) is 6.58. The molecule has 2 unspecified atom stereocenters. The average Bonchev–Trinajstić information content (AvgIpc) is 2.83. The summed E-state index contributed by atoms with van der Waals surface area (Å²) in [5.41, 5.74) is 3.20. The van der Waals surface area contributed by atoms with Gasteiger partial charge in [-0.1, -0.05) is 42.5 Å². The maximum absolute atomic E-state index is 13.2. The molecular formula is C22H22F3N. The van der Waals surface area contributed by atoms with Gasteiger partial charge in [-0.2, -0.15) is 13.2 Å². The van der Waals surface area contributed by atoms with E-state index in [-0.39, 0.29) is 0 Å². The number of hydrogen-bond donors (Lipinski definition) is 0. The van der Waals surface area contributed by atoms with Crippen molar-refractivity contribution in [2.24, 2.45) is 0 Å². The number of aryl methyl sites for hydroxylation is 1. The third kappa shape index (κ3) is 3.43. The van der Waals surface area contributed by atoms with Crippen LogP contribution >= 0.6 is 0 Å². The standard InChI is InChI=1S/C22H22F3N/c1-15-9-17(11-19(10-15)22(23,24)25)18-12-20-7-8-21(13-18)26(20)14-16-5-3-2-4-6-16/h2-6,9-12,20-21H,7-8,13-14H2,1H3. The average molecular weight is 357 g/mol. The lowest BCUT2D eigenvalue weighted by atomic mass is 9.92. The molecule has 26 heavy (non-hydrogen) atoms. The third-order valence-corrected chi connectivity index (χ3v) is 5.52. The van der Waals surface area contributed by atoms with Gasteiger partial charge in [-0.05, 0) is 60.6 Å². The van der Waals surface area contributed by atoms with Crippen molar-refractivity contribution in [2.45, 2.75) is 51.0 Å². The van der Waals surface area contributed by atoms with Crippen LogP contribution in [0.15, 0.2) is 54.6 Å². The summed E-state index contributed by atoms with van der Waals surface area (Å²) < 4.78 is 39.5. The molecule has 136 valence electrons. The maximum atomic E-state index is 13.2. The van der Waals surface area contributed by atoms with Crippen LogP contribution < -0.4 is 0 Å². The molecule has 2 bridgehead atoms. The van der Waals surface area contributed by atoms with Crippen molar-refractivity contribution in [2.75, 3.05) is 0 Å². The van der Waals surface area contributed by atoms with Crippen molar-refractivity contribution in [3.05, 3.63) is 76.9 Å². The number of benzene rings is 2. The Bertz CT molecular complexity index is 823. The van der Waals surface area contributed by atoms with Crippen LogP contribution in [-0.4, -0.2) is 17.0 Å². The first kappa shape index (κ1) is 17.3. The Hall–Kier alpha value is -2.07. The molecule has 4 heteroatoms. The second-order valence-electron chi connectivity index (χ2n) is 7.44. The molecular weight excluding hydrogens is 335 g/mol. The predicted molar refractivity (Wildman–Crippen MR) is 97.6 cm³/mol. The Morgan fingerprint density at radius 3 is 2.50 bits per heavy atom. The topological polar surface area (TPSA) is 3.24 Å². The van der Waals surface area contributed by atoms with E-state index in [4.69, 9.17) is 0 Å². The van der Waals surface area contributed by atoms with Gasteiger partial charge in [-0.25, -0.2) is 0 Å². The molecule has 0 amide bonds. The monoisotopic (exact) mass is 357 g/mol. The predicted octanol–water partition coefficient (Wildman–Crippen LogP) is 5.83. The SMILES string of the molecule is Cc1cc(C2=CC3CCC(C2)N3Cc2ccccc2)cc(C(F)(F)F)c1. The lowest BCUT2D eigenvalue weighted by Crippen LogP contribution is -2.37. The van der Waals surface area contributed by atoms with Gasteiger partial charge >= 0.3 is 6.18 Å². The molecule has 0 saturated carbocycles. The van der Waals surface area contributed by atoms with Gasteiger partial charge < -0.3 is 0 Å². The number of hydrogen-bond acceptors (Lipinski definition) is 1. The highest BCUT2D eigenvalue weighted by atomic mass is 19.4. The molecule has 1 fully saturated rings. The first-order valence-corrected chi connectivity index (χ1v) is 9.10. The molecule has 2 heterocycles. The summed E-state index contributed by atoms with van der Waals surface area (Å²) in [6, 6.07) is 15.5. The Morgan fingerprint density at radius 2 is 1.81 bits per heavy atom. The van der Waals surface area contributed by atoms with E-state index in [0.29, 0.717) is 17.6 Å². The molecule has 4 rings (SSSR count). The molecule has 2 aromatic carbocycles. The van der Waals surface area contributed by atoms with Crippen molar-refractivity contribution in [3.63, 3.8) is 0 Å². The zero-order valence-corrected chi connectivity index (χ0v) is 14.8. The van der Waals surface area contributed by atoms with Crippen LogP contribution in [-0.2, 0) is 12.7 Å². The molecule has 0 aliphatic carbocycles. The van der Waals surface area contributed by atoms with E-state index in [1.807, 2.05) is 24.3 Å². The Morgan fingerprint density at radius 1 is 1.04 bits per heavy atom. The van der Waals surface area contributed by atoms with Crippen LogP contribution in [0.4, 0.5) is 13.2 Å². The van der Waals surface area contributed by atoms with Crippen LogP contribution in [0, 0.1) is 6.92 Å². The fourth-order valence-electron chi connectivity index (χ4n) is 4.30. The minimum absolute atomic E-state index is 0.318. The van der Waals surface area contributed by atoms with Crippen LogP contribution in [0.2, 0.25) is 0 Å². The molecule has 0 radical (unpaired) electrons. The van der Waals surface area contributed by atoms with E-state index in [1.54, 1.807) is 6.92 Å². The quantitative estimate of drug-likeness (QED) is 0.668. The highest BCUT2D eigenvalue weighted by Gasteiger charge is 2.37. The van der Waals surface area contributed by atoms with Crippen molar-refractivity contribution in [3.8, 4) is 0 Å². The lowest BCUT2D eigenvalue weighted by molar-refractivity contribution is -0.137. The fraction of sp³-hybridized carbons (Fsp3) is 0.364. The Labute approximate surface area is 152 Å². The molecule has 1 nitrogen and oxygen atoms in total. The second-order valence-corrected chi connectivity index (χ2v) is 7.44. The van der Waals surface area contributed by atoms with Gasteiger partial charge in [0.05, 0.1) is 5.56 Å². The molecule has 0 spiro atoms. The Balaban J connectivity index is 1.61. The molecule has 2 aliphatic rings. The minimum atomic E-state index is -4.30. The van der Waals surface area contributed by atoms with Gasteiger partial charge in [-0.3, -0.25) is 4.90 Å². The van der Waals surface area contributed by atoms with Gasteiger partial charge in [0.1, 0.15) is 0 Å².